The molecule has 0 spiro atoms. The molecule has 1 aliphatic carbocycles. The first-order valence-corrected chi connectivity index (χ1v) is 7.48. The molecule has 1 aromatic heterocycles. The molecule has 0 unspecified atom stereocenters. The molecule has 0 aliphatic heterocycles. The Morgan fingerprint density at radius 1 is 1.30 bits per heavy atom. The summed E-state index contributed by atoms with van der Waals surface area (Å²) in [6.07, 6.45) is 0.929. The highest BCUT2D eigenvalue weighted by Crippen LogP contribution is 2.27. The molecule has 23 heavy (non-hydrogen) atoms. The van der Waals surface area contributed by atoms with Gasteiger partial charge >= 0.3 is 5.97 Å². The number of carboxylic acids is 1. The number of amides is 1. The normalized spacial score (nSPS) is 19.9. The summed E-state index contributed by atoms with van der Waals surface area (Å²) in [5.74, 6) is -1.48. The second kappa shape index (κ2) is 5.83. The molecular formula is C16H18N4O3. The van der Waals surface area contributed by atoms with E-state index < -0.39 is 5.97 Å². The molecule has 1 saturated carbocycles. The number of carbonyl (C=O) groups excluding carboxylic acids is 1. The first-order chi connectivity index (χ1) is 11.0. The Morgan fingerprint density at radius 3 is 2.70 bits per heavy atom. The minimum absolute atomic E-state index is 0.105. The molecule has 1 aliphatic rings. The number of benzene rings is 1. The first-order valence-electron chi connectivity index (χ1n) is 7.48. The van der Waals surface area contributed by atoms with Crippen LogP contribution in [0.2, 0.25) is 0 Å². The highest BCUT2D eigenvalue weighted by Gasteiger charge is 2.36. The van der Waals surface area contributed by atoms with Crippen LogP contribution in [0, 0.1) is 19.8 Å². The summed E-state index contributed by atoms with van der Waals surface area (Å²) < 4.78 is 1.63. The Labute approximate surface area is 133 Å². The number of rotatable bonds is 4. The fraction of sp³-hybridized carbons (Fsp3) is 0.375. The molecule has 1 heterocycles. The Bertz CT molecular complexity index is 762. The molecule has 0 bridgehead atoms. The summed E-state index contributed by atoms with van der Waals surface area (Å²) in [6, 6.07) is 7.67. The maximum absolute atomic E-state index is 12.3. The van der Waals surface area contributed by atoms with Crippen molar-refractivity contribution in [1.29, 1.82) is 0 Å². The van der Waals surface area contributed by atoms with Crippen molar-refractivity contribution in [3.63, 3.8) is 0 Å². The Kier molecular flexibility index (Phi) is 3.85. The van der Waals surface area contributed by atoms with Crippen molar-refractivity contribution in [2.24, 2.45) is 5.92 Å². The second-order valence-corrected chi connectivity index (χ2v) is 5.95. The van der Waals surface area contributed by atoms with Crippen LogP contribution >= 0.6 is 0 Å². The monoisotopic (exact) mass is 314 g/mol. The lowest BCUT2D eigenvalue weighted by atomic mass is 9.80. The minimum atomic E-state index is -0.808. The molecule has 7 nitrogen and oxygen atoms in total. The highest BCUT2D eigenvalue weighted by molar-refractivity contribution is 5.93. The Hall–Kier alpha value is -2.70. The lowest BCUT2D eigenvalue weighted by Gasteiger charge is -2.32. The van der Waals surface area contributed by atoms with E-state index in [0.29, 0.717) is 18.5 Å². The molecule has 1 amide bonds. The molecular weight excluding hydrogens is 296 g/mol. The van der Waals surface area contributed by atoms with Crippen molar-refractivity contribution in [2.75, 3.05) is 0 Å². The van der Waals surface area contributed by atoms with Gasteiger partial charge in [0.05, 0.1) is 17.3 Å². The quantitative estimate of drug-likeness (QED) is 0.891. The number of hydrogen-bond acceptors (Lipinski definition) is 4. The van der Waals surface area contributed by atoms with Gasteiger partial charge in [0.1, 0.15) is 0 Å². The van der Waals surface area contributed by atoms with Crippen molar-refractivity contribution in [2.45, 2.75) is 32.7 Å². The Balaban J connectivity index is 1.72. The predicted octanol–water partition coefficient (Wildman–Crippen LogP) is 1.48. The molecule has 2 aromatic rings. The van der Waals surface area contributed by atoms with Gasteiger partial charge < -0.3 is 10.4 Å². The van der Waals surface area contributed by atoms with Crippen LogP contribution < -0.4 is 5.32 Å². The number of nitrogens with zero attached hydrogens (tertiary/aromatic N) is 3. The Morgan fingerprint density at radius 2 is 2.04 bits per heavy atom. The summed E-state index contributed by atoms with van der Waals surface area (Å²) in [7, 11) is 0. The van der Waals surface area contributed by atoms with Crippen LogP contribution in [0.1, 0.15) is 34.6 Å². The number of carboxylic acid groups (broad SMARTS) is 1. The van der Waals surface area contributed by atoms with E-state index in [4.69, 9.17) is 5.11 Å². The second-order valence-electron chi connectivity index (χ2n) is 5.95. The number of nitrogens with one attached hydrogen (secondary N) is 1. The maximum Gasteiger partial charge on any atom is 0.306 e. The summed E-state index contributed by atoms with van der Waals surface area (Å²) in [5, 5.41) is 19.7. The zero-order chi connectivity index (χ0) is 16.6. The summed E-state index contributed by atoms with van der Waals surface area (Å²) in [4.78, 5) is 23.1. The van der Waals surface area contributed by atoms with Gasteiger partial charge in [-0.2, -0.15) is 0 Å². The SMILES string of the molecule is Cc1cccc(-n2nnc(C(=O)NC3CC(C(=O)O)C3)c2C)c1. The van der Waals surface area contributed by atoms with Crippen molar-refractivity contribution < 1.29 is 14.7 Å². The van der Waals surface area contributed by atoms with Crippen LogP contribution in [-0.4, -0.2) is 38.0 Å². The van der Waals surface area contributed by atoms with Gasteiger partial charge in [-0.15, -0.1) is 5.10 Å². The average molecular weight is 314 g/mol. The summed E-state index contributed by atoms with van der Waals surface area (Å²) >= 11 is 0. The largest absolute Gasteiger partial charge is 0.481 e. The average Bonchev–Trinajstić information content (AvgIpc) is 2.83. The molecule has 1 aromatic carbocycles. The lowest BCUT2D eigenvalue weighted by molar-refractivity contribution is -0.145. The summed E-state index contributed by atoms with van der Waals surface area (Å²) in [5.41, 5.74) is 2.87. The third kappa shape index (κ3) is 2.94. The number of hydrogen-bond donors (Lipinski definition) is 2. The predicted molar refractivity (Wildman–Crippen MR) is 82.4 cm³/mol. The number of carbonyl (C=O) groups is 2. The van der Waals surface area contributed by atoms with E-state index in [1.165, 1.54) is 0 Å². The van der Waals surface area contributed by atoms with Crippen LogP contribution in [0.4, 0.5) is 0 Å². The third-order valence-electron chi connectivity index (χ3n) is 4.18. The van der Waals surface area contributed by atoms with Crippen LogP contribution in [0.25, 0.3) is 5.69 Å². The maximum atomic E-state index is 12.3. The van der Waals surface area contributed by atoms with E-state index in [0.717, 1.165) is 11.3 Å². The molecule has 1 fully saturated rings. The van der Waals surface area contributed by atoms with Gasteiger partial charge in [-0.3, -0.25) is 9.59 Å². The van der Waals surface area contributed by atoms with E-state index >= 15 is 0 Å². The van der Waals surface area contributed by atoms with E-state index in [9.17, 15) is 9.59 Å². The number of aryl methyl sites for hydroxylation is 1. The van der Waals surface area contributed by atoms with Crippen LogP contribution in [0.3, 0.4) is 0 Å². The van der Waals surface area contributed by atoms with E-state index in [1.54, 1.807) is 11.6 Å². The fourth-order valence-corrected chi connectivity index (χ4v) is 2.74. The number of aromatic nitrogens is 3. The van der Waals surface area contributed by atoms with Crippen molar-refractivity contribution in [3.8, 4) is 5.69 Å². The topological polar surface area (TPSA) is 97.1 Å². The highest BCUT2D eigenvalue weighted by atomic mass is 16.4. The third-order valence-corrected chi connectivity index (χ3v) is 4.18. The zero-order valence-electron chi connectivity index (χ0n) is 13.0. The molecule has 3 rings (SSSR count). The molecule has 7 heteroatoms. The molecule has 0 atom stereocenters. The van der Waals surface area contributed by atoms with Crippen LogP contribution in [0.5, 0.6) is 0 Å². The van der Waals surface area contributed by atoms with Crippen LogP contribution in [-0.2, 0) is 4.79 Å². The standard InChI is InChI=1S/C16H18N4O3/c1-9-4-3-5-13(6-9)20-10(2)14(18-19-20)15(21)17-12-7-11(8-12)16(22)23/h3-6,11-12H,7-8H2,1-2H3,(H,17,21)(H,22,23). The van der Waals surface area contributed by atoms with Crippen molar-refractivity contribution in [1.82, 2.24) is 20.3 Å². The van der Waals surface area contributed by atoms with Crippen LogP contribution in [0.15, 0.2) is 24.3 Å². The van der Waals surface area contributed by atoms with Crippen molar-refractivity contribution >= 4 is 11.9 Å². The van der Waals surface area contributed by atoms with Crippen molar-refractivity contribution in [3.05, 3.63) is 41.2 Å². The lowest BCUT2D eigenvalue weighted by Crippen LogP contribution is -2.46. The van der Waals surface area contributed by atoms with E-state index in [2.05, 4.69) is 15.6 Å². The smallest absolute Gasteiger partial charge is 0.306 e. The van der Waals surface area contributed by atoms with E-state index in [1.807, 2.05) is 31.2 Å². The molecule has 2 N–H and O–H groups in total. The fourth-order valence-electron chi connectivity index (χ4n) is 2.74. The van der Waals surface area contributed by atoms with Gasteiger partial charge in [-0.1, -0.05) is 17.3 Å². The zero-order valence-corrected chi connectivity index (χ0v) is 13.0. The first kappa shape index (κ1) is 15.2. The molecule has 0 saturated heterocycles. The molecule has 0 radical (unpaired) electrons. The van der Waals surface area contributed by atoms with E-state index in [-0.39, 0.29) is 23.6 Å². The summed E-state index contributed by atoms with van der Waals surface area (Å²) in [6.45, 7) is 3.77. The molecule has 120 valence electrons. The van der Waals surface area contributed by atoms with Gasteiger partial charge in [0.25, 0.3) is 5.91 Å². The van der Waals surface area contributed by atoms with Gasteiger partial charge in [-0.25, -0.2) is 4.68 Å². The van der Waals surface area contributed by atoms with Gasteiger partial charge in [-0.05, 0) is 44.4 Å². The van der Waals surface area contributed by atoms with Gasteiger partial charge in [0.15, 0.2) is 5.69 Å². The minimum Gasteiger partial charge on any atom is -0.481 e. The number of aliphatic carboxylic acids is 1. The van der Waals surface area contributed by atoms with Gasteiger partial charge in [0.2, 0.25) is 0 Å². The van der Waals surface area contributed by atoms with Gasteiger partial charge in [0, 0.05) is 6.04 Å².